The molecule has 1 atom stereocenters. The summed E-state index contributed by atoms with van der Waals surface area (Å²) < 4.78 is 28.3. The first-order valence-corrected chi connectivity index (χ1v) is 8.22. The molecule has 0 saturated heterocycles. The van der Waals surface area contributed by atoms with E-state index in [0.29, 0.717) is 6.42 Å². The predicted octanol–water partition coefficient (Wildman–Crippen LogP) is 5.38. The van der Waals surface area contributed by atoms with Gasteiger partial charge in [-0.1, -0.05) is 50.9 Å². The molecule has 2 aromatic carbocycles. The van der Waals surface area contributed by atoms with Crippen molar-refractivity contribution < 1.29 is 8.78 Å². The fourth-order valence-electron chi connectivity index (χ4n) is 2.22. The molecule has 1 N–H and O–H groups in total. The van der Waals surface area contributed by atoms with Gasteiger partial charge in [-0.05, 0) is 48.4 Å². The molecular formula is C16H15Br2F2N. The molecule has 0 bridgehead atoms. The van der Waals surface area contributed by atoms with Crippen LogP contribution in [0.1, 0.15) is 24.1 Å². The van der Waals surface area contributed by atoms with Crippen LogP contribution >= 0.6 is 31.9 Å². The Kier molecular flexibility index (Phi) is 5.90. The molecule has 2 rings (SSSR count). The predicted molar refractivity (Wildman–Crippen MR) is 88.3 cm³/mol. The summed E-state index contributed by atoms with van der Waals surface area (Å²) >= 11 is 6.98. The molecule has 21 heavy (non-hydrogen) atoms. The molecule has 0 saturated carbocycles. The second-order valence-electron chi connectivity index (χ2n) is 4.73. The quantitative estimate of drug-likeness (QED) is 0.686. The largest absolute Gasteiger partial charge is 0.310 e. The van der Waals surface area contributed by atoms with Crippen molar-refractivity contribution in [3.63, 3.8) is 0 Å². The molecule has 112 valence electrons. The average molecular weight is 419 g/mol. The molecule has 2 aromatic rings. The summed E-state index contributed by atoms with van der Waals surface area (Å²) in [5.74, 6) is -1.62. The lowest BCUT2D eigenvalue weighted by molar-refractivity contribution is 0.502. The maximum absolute atomic E-state index is 13.3. The first-order chi connectivity index (χ1) is 10.0. The van der Waals surface area contributed by atoms with Crippen LogP contribution in [0.2, 0.25) is 0 Å². The van der Waals surface area contributed by atoms with Crippen molar-refractivity contribution in [2.45, 2.75) is 19.4 Å². The van der Waals surface area contributed by atoms with Crippen LogP contribution < -0.4 is 5.32 Å². The maximum atomic E-state index is 13.3. The molecule has 1 nitrogen and oxygen atoms in total. The number of nitrogens with one attached hydrogen (secondary N) is 1. The van der Waals surface area contributed by atoms with Crippen molar-refractivity contribution >= 4 is 31.9 Å². The first-order valence-electron chi connectivity index (χ1n) is 6.63. The van der Waals surface area contributed by atoms with Gasteiger partial charge >= 0.3 is 0 Å². The Hall–Kier alpha value is -0.780. The minimum Gasteiger partial charge on any atom is -0.310 e. The zero-order chi connectivity index (χ0) is 15.4. The highest BCUT2D eigenvalue weighted by Crippen LogP contribution is 2.29. The molecule has 0 amide bonds. The maximum Gasteiger partial charge on any atom is 0.159 e. The molecule has 1 unspecified atom stereocenters. The lowest BCUT2D eigenvalue weighted by Gasteiger charge is -2.20. The van der Waals surface area contributed by atoms with E-state index >= 15 is 0 Å². The van der Waals surface area contributed by atoms with Gasteiger partial charge in [0.05, 0.1) is 0 Å². The molecule has 5 heteroatoms. The van der Waals surface area contributed by atoms with Crippen LogP contribution in [0.15, 0.2) is 45.3 Å². The summed E-state index contributed by atoms with van der Waals surface area (Å²) in [6, 6.07) is 10.0. The Morgan fingerprint density at radius 1 is 1.05 bits per heavy atom. The third-order valence-corrected chi connectivity index (χ3v) is 4.39. The van der Waals surface area contributed by atoms with E-state index in [-0.39, 0.29) is 6.04 Å². The smallest absolute Gasteiger partial charge is 0.159 e. The molecule has 0 heterocycles. The highest BCUT2D eigenvalue weighted by atomic mass is 79.9. The van der Waals surface area contributed by atoms with Gasteiger partial charge in [-0.25, -0.2) is 8.78 Å². The minimum absolute atomic E-state index is 0.0299. The van der Waals surface area contributed by atoms with E-state index < -0.39 is 11.6 Å². The highest BCUT2D eigenvalue weighted by molar-refractivity contribution is 9.11. The van der Waals surface area contributed by atoms with E-state index in [9.17, 15) is 8.78 Å². The SMILES string of the molecule is CCNC(Cc1ccc(F)c(F)c1)c1ccc(Br)cc1Br. The van der Waals surface area contributed by atoms with Gasteiger partial charge in [0.25, 0.3) is 0 Å². The van der Waals surface area contributed by atoms with Crippen LogP contribution in [0, 0.1) is 11.6 Å². The van der Waals surface area contributed by atoms with E-state index in [1.165, 1.54) is 12.1 Å². The fraction of sp³-hybridized carbons (Fsp3) is 0.250. The van der Waals surface area contributed by atoms with Crippen molar-refractivity contribution in [3.05, 3.63) is 68.1 Å². The Morgan fingerprint density at radius 3 is 2.43 bits per heavy atom. The van der Waals surface area contributed by atoms with Gasteiger partial charge in [0, 0.05) is 15.0 Å². The van der Waals surface area contributed by atoms with Gasteiger partial charge < -0.3 is 5.32 Å². The van der Waals surface area contributed by atoms with Gasteiger partial charge in [0.15, 0.2) is 11.6 Å². The normalized spacial score (nSPS) is 12.4. The number of hydrogen-bond donors (Lipinski definition) is 1. The molecule has 0 aliphatic carbocycles. The fourth-order valence-corrected chi connectivity index (χ4v) is 3.55. The second-order valence-corrected chi connectivity index (χ2v) is 6.50. The van der Waals surface area contributed by atoms with Gasteiger partial charge in [0.1, 0.15) is 0 Å². The Balaban J connectivity index is 2.28. The van der Waals surface area contributed by atoms with Crippen LogP contribution in [0.5, 0.6) is 0 Å². The highest BCUT2D eigenvalue weighted by Gasteiger charge is 2.15. The zero-order valence-corrected chi connectivity index (χ0v) is 14.6. The molecule has 0 aromatic heterocycles. The first kappa shape index (κ1) is 16.6. The number of halogens is 4. The van der Waals surface area contributed by atoms with Crippen LogP contribution in [-0.4, -0.2) is 6.54 Å². The number of likely N-dealkylation sites (N-methyl/N-ethyl adjacent to an activating group) is 1. The van der Waals surface area contributed by atoms with Crippen molar-refractivity contribution in [3.8, 4) is 0 Å². The lowest BCUT2D eigenvalue weighted by atomic mass is 9.98. The summed E-state index contributed by atoms with van der Waals surface area (Å²) in [5, 5.41) is 3.38. The van der Waals surface area contributed by atoms with E-state index in [2.05, 4.69) is 37.2 Å². The van der Waals surface area contributed by atoms with Gasteiger partial charge in [0.2, 0.25) is 0 Å². The van der Waals surface area contributed by atoms with Crippen LogP contribution in [0.3, 0.4) is 0 Å². The van der Waals surface area contributed by atoms with Gasteiger partial charge in [-0.3, -0.25) is 0 Å². The monoisotopic (exact) mass is 417 g/mol. The molecular weight excluding hydrogens is 404 g/mol. The number of hydrogen-bond acceptors (Lipinski definition) is 1. The van der Waals surface area contributed by atoms with Crippen LogP contribution in [-0.2, 0) is 6.42 Å². The number of benzene rings is 2. The number of rotatable bonds is 5. The van der Waals surface area contributed by atoms with Crippen LogP contribution in [0.25, 0.3) is 0 Å². The average Bonchev–Trinajstić information content (AvgIpc) is 2.42. The van der Waals surface area contributed by atoms with Crippen molar-refractivity contribution in [2.75, 3.05) is 6.54 Å². The van der Waals surface area contributed by atoms with E-state index in [1.54, 1.807) is 6.07 Å². The zero-order valence-electron chi connectivity index (χ0n) is 11.5. The lowest BCUT2D eigenvalue weighted by Crippen LogP contribution is -2.23. The molecule has 0 aliphatic heterocycles. The van der Waals surface area contributed by atoms with Gasteiger partial charge in [-0.2, -0.15) is 0 Å². The van der Waals surface area contributed by atoms with E-state index in [0.717, 1.165) is 26.6 Å². The van der Waals surface area contributed by atoms with E-state index in [1.807, 2.05) is 25.1 Å². The van der Waals surface area contributed by atoms with E-state index in [4.69, 9.17) is 0 Å². The van der Waals surface area contributed by atoms with Crippen molar-refractivity contribution in [1.29, 1.82) is 0 Å². The summed E-state index contributed by atoms with van der Waals surface area (Å²) in [6.45, 7) is 2.81. The second kappa shape index (κ2) is 7.47. The standard InChI is InChI=1S/C16H15Br2F2N/c1-2-21-16(12-5-4-11(17)9-13(12)18)8-10-3-6-14(19)15(20)7-10/h3-7,9,16,21H,2,8H2,1H3. The van der Waals surface area contributed by atoms with Crippen LogP contribution in [0.4, 0.5) is 8.78 Å². The van der Waals surface area contributed by atoms with Crippen molar-refractivity contribution in [2.24, 2.45) is 0 Å². The summed E-state index contributed by atoms with van der Waals surface area (Å²) in [6.07, 6.45) is 0.589. The Labute approximate surface area is 140 Å². The molecule has 0 fully saturated rings. The van der Waals surface area contributed by atoms with Crippen molar-refractivity contribution in [1.82, 2.24) is 5.32 Å². The third-order valence-electron chi connectivity index (χ3n) is 3.21. The molecule has 0 radical (unpaired) electrons. The third kappa shape index (κ3) is 4.34. The summed E-state index contributed by atoms with van der Waals surface area (Å²) in [7, 11) is 0. The topological polar surface area (TPSA) is 12.0 Å². The minimum atomic E-state index is -0.816. The Bertz CT molecular complexity index is 632. The summed E-state index contributed by atoms with van der Waals surface area (Å²) in [4.78, 5) is 0. The summed E-state index contributed by atoms with van der Waals surface area (Å²) in [5.41, 5.74) is 1.85. The molecule has 0 spiro atoms. The molecule has 0 aliphatic rings. The Morgan fingerprint density at radius 2 is 1.81 bits per heavy atom. The van der Waals surface area contributed by atoms with Gasteiger partial charge in [-0.15, -0.1) is 0 Å².